The zero-order chi connectivity index (χ0) is 14.4. The average Bonchev–Trinajstić information content (AvgIpc) is 2.45. The maximum absolute atomic E-state index is 13.3. The van der Waals surface area contributed by atoms with E-state index in [4.69, 9.17) is 10.00 Å². The highest BCUT2D eigenvalue weighted by molar-refractivity contribution is 5.26. The topological polar surface area (TPSA) is 33.0 Å². The summed E-state index contributed by atoms with van der Waals surface area (Å²) in [6, 6.07) is 14.1. The van der Waals surface area contributed by atoms with E-state index in [9.17, 15) is 8.78 Å². The van der Waals surface area contributed by atoms with E-state index in [1.165, 1.54) is 24.3 Å². The minimum Gasteiger partial charge on any atom is -0.490 e. The van der Waals surface area contributed by atoms with Crippen molar-refractivity contribution in [3.8, 4) is 11.8 Å². The van der Waals surface area contributed by atoms with Gasteiger partial charge < -0.3 is 4.74 Å². The molecule has 0 aliphatic carbocycles. The third-order valence-corrected chi connectivity index (χ3v) is 2.91. The molecule has 102 valence electrons. The van der Waals surface area contributed by atoms with Gasteiger partial charge in [-0.25, -0.2) is 8.78 Å². The highest BCUT2D eigenvalue weighted by Gasteiger charge is 2.12. The minimum absolute atomic E-state index is 0.156. The number of halogens is 2. The summed E-state index contributed by atoms with van der Waals surface area (Å²) in [6.45, 7) is 0.190. The zero-order valence-electron chi connectivity index (χ0n) is 10.7. The van der Waals surface area contributed by atoms with Crippen LogP contribution in [0, 0.1) is 23.0 Å². The Morgan fingerprint density at radius 3 is 2.60 bits per heavy atom. The Labute approximate surface area is 116 Å². The van der Waals surface area contributed by atoms with Crippen LogP contribution in [0.3, 0.4) is 0 Å². The van der Waals surface area contributed by atoms with Gasteiger partial charge in [-0.2, -0.15) is 5.26 Å². The number of nitriles is 1. The summed E-state index contributed by atoms with van der Waals surface area (Å²) in [5.41, 5.74) is 0.602. The summed E-state index contributed by atoms with van der Waals surface area (Å²) in [6.07, 6.45) is 0.369. The number of para-hydroxylation sites is 1. The van der Waals surface area contributed by atoms with Crippen LogP contribution in [0.25, 0.3) is 0 Å². The van der Waals surface area contributed by atoms with Gasteiger partial charge in [0.2, 0.25) is 0 Å². The van der Waals surface area contributed by atoms with Crippen molar-refractivity contribution in [3.05, 3.63) is 65.7 Å². The van der Waals surface area contributed by atoms with Gasteiger partial charge in [-0.15, -0.1) is 0 Å². The Morgan fingerprint density at radius 1 is 1.10 bits per heavy atom. The molecule has 2 rings (SSSR count). The number of ether oxygens (including phenoxy) is 1. The monoisotopic (exact) mass is 273 g/mol. The quantitative estimate of drug-likeness (QED) is 0.823. The first kappa shape index (κ1) is 14.0. The second kappa shape index (κ2) is 6.67. The first-order valence-corrected chi connectivity index (χ1v) is 6.23. The van der Waals surface area contributed by atoms with Crippen molar-refractivity contribution in [2.45, 2.75) is 12.3 Å². The van der Waals surface area contributed by atoms with Crippen LogP contribution in [-0.2, 0) is 0 Å². The van der Waals surface area contributed by atoms with Crippen molar-refractivity contribution >= 4 is 0 Å². The predicted octanol–water partition coefficient (Wildman–Crippen LogP) is 4.04. The molecular weight excluding hydrogens is 260 g/mol. The highest BCUT2D eigenvalue weighted by atomic mass is 19.1. The Balaban J connectivity index is 1.96. The largest absolute Gasteiger partial charge is 0.490 e. The molecule has 20 heavy (non-hydrogen) atoms. The van der Waals surface area contributed by atoms with E-state index in [1.54, 1.807) is 24.3 Å². The fraction of sp³-hybridized carbons (Fsp3) is 0.188. The molecule has 0 fully saturated rings. The molecule has 0 saturated heterocycles. The number of hydrogen-bond acceptors (Lipinski definition) is 2. The van der Waals surface area contributed by atoms with Crippen LogP contribution in [0.1, 0.15) is 17.9 Å². The molecule has 0 aliphatic rings. The van der Waals surface area contributed by atoms with Crippen molar-refractivity contribution in [2.24, 2.45) is 0 Å². The molecule has 0 saturated carbocycles. The fourth-order valence-electron chi connectivity index (χ4n) is 1.88. The normalized spacial score (nSPS) is 11.7. The van der Waals surface area contributed by atoms with Gasteiger partial charge in [0.25, 0.3) is 0 Å². The number of nitrogens with zero attached hydrogens (tertiary/aromatic N) is 1. The minimum atomic E-state index is -0.475. The van der Waals surface area contributed by atoms with Crippen LogP contribution in [0.15, 0.2) is 48.5 Å². The van der Waals surface area contributed by atoms with Gasteiger partial charge in [0.05, 0.1) is 18.6 Å². The molecule has 0 amide bonds. The van der Waals surface area contributed by atoms with Crippen molar-refractivity contribution in [1.82, 2.24) is 0 Å². The molecule has 0 N–H and O–H groups in total. The summed E-state index contributed by atoms with van der Waals surface area (Å²) >= 11 is 0. The lowest BCUT2D eigenvalue weighted by atomic mass is 9.98. The maximum Gasteiger partial charge on any atom is 0.165 e. The highest BCUT2D eigenvalue weighted by Crippen LogP contribution is 2.21. The van der Waals surface area contributed by atoms with Gasteiger partial charge in [-0.1, -0.05) is 24.3 Å². The van der Waals surface area contributed by atoms with Crippen LogP contribution in [0.4, 0.5) is 8.78 Å². The molecule has 0 radical (unpaired) electrons. The molecule has 4 heteroatoms. The van der Waals surface area contributed by atoms with E-state index in [2.05, 4.69) is 6.07 Å². The van der Waals surface area contributed by atoms with Gasteiger partial charge in [0, 0.05) is 6.42 Å². The molecule has 0 bridgehead atoms. The molecule has 2 aromatic rings. The van der Waals surface area contributed by atoms with E-state index in [1.807, 2.05) is 0 Å². The van der Waals surface area contributed by atoms with Crippen LogP contribution in [0.5, 0.6) is 5.75 Å². The Hall–Kier alpha value is -2.41. The molecule has 0 aliphatic heterocycles. The molecule has 1 atom stereocenters. The molecule has 2 aromatic carbocycles. The number of rotatable bonds is 5. The van der Waals surface area contributed by atoms with E-state index >= 15 is 0 Å². The zero-order valence-corrected chi connectivity index (χ0v) is 10.7. The van der Waals surface area contributed by atoms with Crippen LogP contribution in [-0.4, -0.2) is 6.61 Å². The van der Waals surface area contributed by atoms with Gasteiger partial charge in [-0.3, -0.25) is 0 Å². The third-order valence-electron chi connectivity index (χ3n) is 2.91. The Bertz CT molecular complexity index is 622. The van der Waals surface area contributed by atoms with Crippen molar-refractivity contribution in [3.63, 3.8) is 0 Å². The summed E-state index contributed by atoms with van der Waals surface area (Å²) < 4.78 is 31.7. The summed E-state index contributed by atoms with van der Waals surface area (Å²) in [5.74, 6) is -1.13. The first-order valence-electron chi connectivity index (χ1n) is 6.23. The van der Waals surface area contributed by atoms with Crippen LogP contribution in [0.2, 0.25) is 0 Å². The lowest BCUT2D eigenvalue weighted by Gasteiger charge is -2.11. The number of hydrogen-bond donors (Lipinski definition) is 0. The second-order valence-corrected chi connectivity index (χ2v) is 4.30. The molecular formula is C16H13F2NO. The standard InChI is InChI=1S/C16H13F2NO/c17-14-5-3-4-12(10-14)13(11-19)8-9-20-16-7-2-1-6-15(16)18/h1-7,10,13H,8-9H2. The van der Waals surface area contributed by atoms with Gasteiger partial charge in [0.1, 0.15) is 5.82 Å². The molecule has 1 unspecified atom stereocenters. The fourth-order valence-corrected chi connectivity index (χ4v) is 1.88. The molecule has 0 aromatic heterocycles. The predicted molar refractivity (Wildman–Crippen MR) is 71.3 cm³/mol. The summed E-state index contributed by atoms with van der Waals surface area (Å²) in [4.78, 5) is 0. The van der Waals surface area contributed by atoms with Crippen molar-refractivity contribution in [2.75, 3.05) is 6.61 Å². The lowest BCUT2D eigenvalue weighted by molar-refractivity contribution is 0.291. The summed E-state index contributed by atoms with van der Waals surface area (Å²) in [7, 11) is 0. The van der Waals surface area contributed by atoms with E-state index in [0.29, 0.717) is 12.0 Å². The van der Waals surface area contributed by atoms with Crippen LogP contribution < -0.4 is 4.74 Å². The van der Waals surface area contributed by atoms with Crippen molar-refractivity contribution < 1.29 is 13.5 Å². The van der Waals surface area contributed by atoms with Gasteiger partial charge in [0.15, 0.2) is 11.6 Å². The molecule has 0 spiro atoms. The smallest absolute Gasteiger partial charge is 0.165 e. The Morgan fingerprint density at radius 2 is 1.90 bits per heavy atom. The van der Waals surface area contributed by atoms with E-state index in [-0.39, 0.29) is 18.2 Å². The van der Waals surface area contributed by atoms with Gasteiger partial charge >= 0.3 is 0 Å². The van der Waals surface area contributed by atoms with Crippen molar-refractivity contribution in [1.29, 1.82) is 5.26 Å². The van der Waals surface area contributed by atoms with E-state index < -0.39 is 11.7 Å². The Kier molecular flexibility index (Phi) is 4.67. The average molecular weight is 273 g/mol. The summed E-state index contributed by atoms with van der Waals surface area (Å²) in [5, 5.41) is 9.12. The maximum atomic E-state index is 13.3. The lowest BCUT2D eigenvalue weighted by Crippen LogP contribution is -2.05. The van der Waals surface area contributed by atoms with Gasteiger partial charge in [-0.05, 0) is 29.8 Å². The SMILES string of the molecule is N#CC(CCOc1ccccc1F)c1cccc(F)c1. The van der Waals surface area contributed by atoms with E-state index in [0.717, 1.165) is 0 Å². The first-order chi connectivity index (χ1) is 9.70. The molecule has 2 nitrogen and oxygen atoms in total. The van der Waals surface area contributed by atoms with Crippen LogP contribution >= 0.6 is 0 Å². The second-order valence-electron chi connectivity index (χ2n) is 4.30. The number of benzene rings is 2. The third kappa shape index (κ3) is 3.55. The molecule has 0 heterocycles.